The lowest BCUT2D eigenvalue weighted by atomic mass is 9.95. The minimum atomic E-state index is 0.0767. The number of hydrogen-bond acceptors (Lipinski definition) is 3. The highest BCUT2D eigenvalue weighted by molar-refractivity contribution is 6.31. The van der Waals surface area contributed by atoms with Crippen molar-refractivity contribution < 1.29 is 9.53 Å². The highest BCUT2D eigenvalue weighted by Gasteiger charge is 2.26. The van der Waals surface area contributed by atoms with Gasteiger partial charge in [0.15, 0.2) is 0 Å². The molecule has 0 aliphatic carbocycles. The van der Waals surface area contributed by atoms with Crippen molar-refractivity contribution in [3.8, 4) is 5.75 Å². The number of H-pyrrole nitrogens is 1. The van der Waals surface area contributed by atoms with E-state index in [1.54, 1.807) is 0 Å². The Bertz CT molecular complexity index is 944. The highest BCUT2D eigenvalue weighted by atomic mass is 35.5. The van der Waals surface area contributed by atoms with Crippen molar-refractivity contribution in [1.82, 2.24) is 14.9 Å². The van der Waals surface area contributed by atoms with Crippen LogP contribution in [0.1, 0.15) is 41.9 Å². The number of halogens is 1. The van der Waals surface area contributed by atoms with Crippen molar-refractivity contribution in [3.05, 3.63) is 58.9 Å². The molecule has 2 heterocycles. The van der Waals surface area contributed by atoms with Gasteiger partial charge in [-0.15, -0.1) is 0 Å². The summed E-state index contributed by atoms with van der Waals surface area (Å²) in [6, 6.07) is 13.1. The predicted molar refractivity (Wildman–Crippen MR) is 107 cm³/mol. The number of nitrogens with one attached hydrogen (secondary N) is 1. The number of likely N-dealkylation sites (tertiary alicyclic amines) is 1. The van der Waals surface area contributed by atoms with Crippen molar-refractivity contribution >= 4 is 28.5 Å². The Balaban J connectivity index is 1.41. The first-order valence-electron chi connectivity index (χ1n) is 9.31. The number of benzene rings is 2. The van der Waals surface area contributed by atoms with Crippen LogP contribution in [0.25, 0.3) is 11.0 Å². The second-order valence-corrected chi connectivity index (χ2v) is 7.24. The number of imidazole rings is 1. The quantitative estimate of drug-likeness (QED) is 0.714. The first kappa shape index (κ1) is 17.9. The molecule has 1 aliphatic rings. The smallest absolute Gasteiger partial charge is 0.253 e. The fourth-order valence-corrected chi connectivity index (χ4v) is 3.77. The summed E-state index contributed by atoms with van der Waals surface area (Å²) in [5, 5.41) is 0.702. The van der Waals surface area contributed by atoms with Gasteiger partial charge >= 0.3 is 0 Å². The van der Waals surface area contributed by atoms with Crippen LogP contribution in [0.3, 0.4) is 0 Å². The molecule has 6 heteroatoms. The maximum atomic E-state index is 12.7. The number of aromatic amines is 1. The Hall–Kier alpha value is -2.53. The number of amides is 1. The first-order chi connectivity index (χ1) is 13.1. The fourth-order valence-electron chi connectivity index (χ4n) is 3.59. The van der Waals surface area contributed by atoms with Crippen LogP contribution in [0.5, 0.6) is 5.75 Å². The van der Waals surface area contributed by atoms with Gasteiger partial charge in [-0.25, -0.2) is 4.98 Å². The van der Waals surface area contributed by atoms with Crippen molar-refractivity contribution in [3.63, 3.8) is 0 Å². The molecule has 27 heavy (non-hydrogen) atoms. The van der Waals surface area contributed by atoms with E-state index in [9.17, 15) is 4.79 Å². The highest BCUT2D eigenvalue weighted by Crippen LogP contribution is 2.29. The average Bonchev–Trinajstić information content (AvgIpc) is 3.11. The van der Waals surface area contributed by atoms with Crippen LogP contribution < -0.4 is 4.74 Å². The lowest BCUT2D eigenvalue weighted by Gasteiger charge is -2.31. The van der Waals surface area contributed by atoms with Gasteiger partial charge in [0.2, 0.25) is 0 Å². The van der Waals surface area contributed by atoms with Crippen molar-refractivity contribution in [1.29, 1.82) is 0 Å². The van der Waals surface area contributed by atoms with E-state index in [1.807, 2.05) is 54.3 Å². The molecular weight excluding hydrogens is 362 g/mol. The molecule has 0 unspecified atom stereocenters. The van der Waals surface area contributed by atoms with E-state index in [0.717, 1.165) is 48.5 Å². The number of carbonyl (C=O) groups excluding carboxylic acids is 1. The second-order valence-electron chi connectivity index (χ2n) is 6.81. The molecule has 140 valence electrons. The summed E-state index contributed by atoms with van der Waals surface area (Å²) in [6.45, 7) is 4.03. The van der Waals surface area contributed by atoms with Crippen molar-refractivity contribution in [2.45, 2.75) is 25.7 Å². The van der Waals surface area contributed by atoms with Gasteiger partial charge in [-0.05, 0) is 62.2 Å². The van der Waals surface area contributed by atoms with E-state index < -0.39 is 0 Å². The summed E-state index contributed by atoms with van der Waals surface area (Å²) in [7, 11) is 0. The molecule has 5 nitrogen and oxygen atoms in total. The van der Waals surface area contributed by atoms with Gasteiger partial charge in [0, 0.05) is 29.6 Å². The average molecular weight is 384 g/mol. The number of carbonyl (C=O) groups is 1. The zero-order chi connectivity index (χ0) is 18.8. The molecule has 1 aromatic heterocycles. The minimum Gasteiger partial charge on any atom is -0.494 e. The molecular formula is C21H22ClN3O2. The Morgan fingerprint density at radius 3 is 2.67 bits per heavy atom. The van der Waals surface area contributed by atoms with Gasteiger partial charge in [-0.3, -0.25) is 4.79 Å². The van der Waals surface area contributed by atoms with E-state index in [1.165, 1.54) is 0 Å². The summed E-state index contributed by atoms with van der Waals surface area (Å²) in [5.74, 6) is 2.19. The Morgan fingerprint density at radius 2 is 1.96 bits per heavy atom. The number of fused-ring (bicyclic) bond motifs is 1. The number of aromatic nitrogens is 2. The van der Waals surface area contributed by atoms with Crippen LogP contribution in [0.15, 0.2) is 42.5 Å². The third-order valence-corrected chi connectivity index (χ3v) is 5.28. The summed E-state index contributed by atoms with van der Waals surface area (Å²) in [4.78, 5) is 22.7. The van der Waals surface area contributed by atoms with Crippen LogP contribution >= 0.6 is 11.6 Å². The lowest BCUT2D eigenvalue weighted by Crippen LogP contribution is -2.38. The normalized spacial score (nSPS) is 15.3. The second kappa shape index (κ2) is 7.61. The Labute approximate surface area is 163 Å². The topological polar surface area (TPSA) is 58.2 Å². The summed E-state index contributed by atoms with van der Waals surface area (Å²) >= 11 is 6.05. The lowest BCUT2D eigenvalue weighted by molar-refractivity contribution is 0.0711. The first-order valence-corrected chi connectivity index (χ1v) is 9.69. The van der Waals surface area contributed by atoms with Gasteiger partial charge in [0.25, 0.3) is 5.91 Å². The SMILES string of the molecule is CCOc1ccc(C(=O)N2CCC(c3nc4ccc(Cl)cc4[nH]3)CC2)cc1. The summed E-state index contributed by atoms with van der Waals surface area (Å²) < 4.78 is 5.44. The molecule has 0 radical (unpaired) electrons. The Morgan fingerprint density at radius 1 is 1.22 bits per heavy atom. The van der Waals surface area contributed by atoms with E-state index in [4.69, 9.17) is 21.3 Å². The van der Waals surface area contributed by atoms with Crippen LogP contribution in [0, 0.1) is 0 Å². The molecule has 1 N–H and O–H groups in total. The maximum Gasteiger partial charge on any atom is 0.253 e. The van der Waals surface area contributed by atoms with Gasteiger partial charge in [-0.2, -0.15) is 0 Å². The number of ether oxygens (including phenoxy) is 1. The summed E-state index contributed by atoms with van der Waals surface area (Å²) in [5.41, 5.74) is 2.60. The molecule has 2 aromatic carbocycles. The standard InChI is InChI=1S/C21H22ClN3O2/c1-2-27-17-6-3-15(4-7-17)21(26)25-11-9-14(10-12-25)20-23-18-8-5-16(22)13-19(18)24-20/h3-8,13-14H,2,9-12H2,1H3,(H,23,24). The van der Waals surface area contributed by atoms with Crippen LogP contribution in [-0.2, 0) is 0 Å². The van der Waals surface area contributed by atoms with E-state index in [-0.39, 0.29) is 5.91 Å². The predicted octanol–water partition coefficient (Wildman–Crippen LogP) is 4.63. The van der Waals surface area contributed by atoms with Gasteiger partial charge < -0.3 is 14.6 Å². The monoisotopic (exact) mass is 383 g/mol. The molecule has 1 saturated heterocycles. The van der Waals surface area contributed by atoms with Crippen LogP contribution in [0.2, 0.25) is 5.02 Å². The largest absolute Gasteiger partial charge is 0.494 e. The third kappa shape index (κ3) is 3.78. The number of nitrogens with zero attached hydrogens (tertiary/aromatic N) is 2. The van der Waals surface area contributed by atoms with Gasteiger partial charge in [0.1, 0.15) is 11.6 Å². The molecule has 0 saturated carbocycles. The molecule has 4 rings (SSSR count). The third-order valence-electron chi connectivity index (χ3n) is 5.04. The van der Waals surface area contributed by atoms with Crippen LogP contribution in [-0.4, -0.2) is 40.5 Å². The number of rotatable bonds is 4. The van der Waals surface area contributed by atoms with Crippen molar-refractivity contribution in [2.75, 3.05) is 19.7 Å². The van der Waals surface area contributed by atoms with Gasteiger partial charge in [0.05, 0.1) is 17.6 Å². The number of hydrogen-bond donors (Lipinski definition) is 1. The molecule has 1 aliphatic heterocycles. The molecule has 0 atom stereocenters. The van der Waals surface area contributed by atoms with E-state index >= 15 is 0 Å². The van der Waals surface area contributed by atoms with E-state index in [2.05, 4.69) is 4.98 Å². The molecule has 0 bridgehead atoms. The molecule has 0 spiro atoms. The van der Waals surface area contributed by atoms with E-state index in [0.29, 0.717) is 23.1 Å². The fraction of sp³-hybridized carbons (Fsp3) is 0.333. The molecule has 3 aromatic rings. The Kier molecular flexibility index (Phi) is 5.03. The van der Waals surface area contributed by atoms with Crippen LogP contribution in [0.4, 0.5) is 0 Å². The molecule has 1 fully saturated rings. The number of piperidine rings is 1. The van der Waals surface area contributed by atoms with Crippen molar-refractivity contribution in [2.24, 2.45) is 0 Å². The maximum absolute atomic E-state index is 12.7. The zero-order valence-corrected chi connectivity index (χ0v) is 16.0. The van der Waals surface area contributed by atoms with Gasteiger partial charge in [-0.1, -0.05) is 11.6 Å². The summed E-state index contributed by atoms with van der Waals surface area (Å²) in [6.07, 6.45) is 1.80. The minimum absolute atomic E-state index is 0.0767. The molecule has 1 amide bonds. The zero-order valence-electron chi connectivity index (χ0n) is 15.2.